The van der Waals surface area contributed by atoms with Crippen molar-refractivity contribution in [2.45, 2.75) is 59.0 Å². The third-order valence-corrected chi connectivity index (χ3v) is 4.23. The highest BCUT2D eigenvalue weighted by Gasteiger charge is 2.22. The highest BCUT2D eigenvalue weighted by atomic mass is 16.5. The molecule has 0 bridgehead atoms. The van der Waals surface area contributed by atoms with E-state index in [9.17, 15) is 0 Å². The normalized spacial score (nSPS) is 11.4. The minimum atomic E-state index is 0.242. The van der Waals surface area contributed by atoms with Gasteiger partial charge in [0.2, 0.25) is 0 Å². The molecule has 0 aliphatic heterocycles. The summed E-state index contributed by atoms with van der Waals surface area (Å²) in [6.45, 7) is 10.2. The average Bonchev–Trinajstić information content (AvgIpc) is 2.50. The van der Waals surface area contributed by atoms with Crippen LogP contribution in [0.3, 0.4) is 0 Å². The second-order valence-electron chi connectivity index (χ2n) is 5.11. The van der Waals surface area contributed by atoms with Gasteiger partial charge in [-0.15, -0.1) is 0 Å². The fraction of sp³-hybridized carbons (Fsp3) is 0.647. The average molecular weight is 279 g/mol. The standard InChI is InChI=1S/C17H29NO2/c1-6-17(7-2,8-3)18-13-14-10-11-15(19-5)16(12-14)20-9-4/h10-12,18H,6-9,13H2,1-5H3. The Hall–Kier alpha value is -1.22. The number of rotatable bonds is 9. The zero-order valence-corrected chi connectivity index (χ0v) is 13.6. The molecule has 3 heteroatoms. The Morgan fingerprint density at radius 2 is 1.65 bits per heavy atom. The first-order valence-electron chi connectivity index (χ1n) is 7.69. The summed E-state index contributed by atoms with van der Waals surface area (Å²) in [5, 5.41) is 3.71. The maximum absolute atomic E-state index is 5.63. The van der Waals surface area contributed by atoms with Crippen molar-refractivity contribution in [3.63, 3.8) is 0 Å². The number of ether oxygens (including phenoxy) is 2. The summed E-state index contributed by atoms with van der Waals surface area (Å²) in [4.78, 5) is 0. The summed E-state index contributed by atoms with van der Waals surface area (Å²) in [6, 6.07) is 6.15. The van der Waals surface area contributed by atoms with Crippen molar-refractivity contribution < 1.29 is 9.47 Å². The lowest BCUT2D eigenvalue weighted by molar-refractivity contribution is 0.286. The Bertz CT molecular complexity index is 392. The first kappa shape index (κ1) is 16.8. The summed E-state index contributed by atoms with van der Waals surface area (Å²) in [5.74, 6) is 1.62. The van der Waals surface area contributed by atoms with Crippen LogP contribution < -0.4 is 14.8 Å². The number of methoxy groups -OCH3 is 1. The van der Waals surface area contributed by atoms with Crippen LogP contribution in [0.15, 0.2) is 18.2 Å². The van der Waals surface area contributed by atoms with Gasteiger partial charge in [-0.3, -0.25) is 0 Å². The molecule has 0 amide bonds. The minimum absolute atomic E-state index is 0.242. The Morgan fingerprint density at radius 1 is 1.00 bits per heavy atom. The predicted molar refractivity (Wildman–Crippen MR) is 84.6 cm³/mol. The lowest BCUT2D eigenvalue weighted by Gasteiger charge is -2.32. The summed E-state index contributed by atoms with van der Waals surface area (Å²) in [7, 11) is 1.67. The second-order valence-corrected chi connectivity index (χ2v) is 5.11. The van der Waals surface area contributed by atoms with Crippen molar-refractivity contribution in [1.82, 2.24) is 5.32 Å². The van der Waals surface area contributed by atoms with Crippen molar-refractivity contribution in [3.05, 3.63) is 23.8 Å². The molecule has 0 aliphatic carbocycles. The molecular weight excluding hydrogens is 250 g/mol. The maximum atomic E-state index is 5.63. The molecule has 0 heterocycles. The Balaban J connectivity index is 2.80. The smallest absolute Gasteiger partial charge is 0.161 e. The van der Waals surface area contributed by atoms with E-state index in [1.807, 2.05) is 13.0 Å². The third-order valence-electron chi connectivity index (χ3n) is 4.23. The first-order chi connectivity index (χ1) is 9.64. The summed E-state index contributed by atoms with van der Waals surface area (Å²) < 4.78 is 10.9. The van der Waals surface area contributed by atoms with Gasteiger partial charge in [0.15, 0.2) is 11.5 Å². The molecule has 3 nitrogen and oxygen atoms in total. The monoisotopic (exact) mass is 279 g/mol. The molecule has 0 unspecified atom stereocenters. The first-order valence-corrected chi connectivity index (χ1v) is 7.69. The van der Waals surface area contributed by atoms with E-state index in [2.05, 4.69) is 38.2 Å². The largest absolute Gasteiger partial charge is 0.493 e. The van der Waals surface area contributed by atoms with Crippen LogP contribution in [0.5, 0.6) is 11.5 Å². The van der Waals surface area contributed by atoms with E-state index in [4.69, 9.17) is 9.47 Å². The second kappa shape index (κ2) is 8.15. The number of hydrogen-bond acceptors (Lipinski definition) is 3. The fourth-order valence-electron chi connectivity index (χ4n) is 2.51. The van der Waals surface area contributed by atoms with Gasteiger partial charge < -0.3 is 14.8 Å². The zero-order valence-electron chi connectivity index (χ0n) is 13.6. The Labute approximate surface area is 123 Å². The van der Waals surface area contributed by atoms with E-state index in [0.29, 0.717) is 6.61 Å². The van der Waals surface area contributed by atoms with E-state index in [-0.39, 0.29) is 5.54 Å². The van der Waals surface area contributed by atoms with Crippen molar-refractivity contribution in [2.24, 2.45) is 0 Å². The third kappa shape index (κ3) is 4.14. The quantitative estimate of drug-likeness (QED) is 0.736. The van der Waals surface area contributed by atoms with Gasteiger partial charge in [0, 0.05) is 12.1 Å². The van der Waals surface area contributed by atoms with Crippen molar-refractivity contribution in [3.8, 4) is 11.5 Å². The van der Waals surface area contributed by atoms with Gasteiger partial charge in [-0.2, -0.15) is 0 Å². The molecule has 1 aromatic carbocycles. The van der Waals surface area contributed by atoms with E-state index in [1.165, 1.54) is 5.56 Å². The molecule has 0 saturated heterocycles. The SMILES string of the molecule is CCOc1cc(CNC(CC)(CC)CC)ccc1OC. The van der Waals surface area contributed by atoms with Gasteiger partial charge in [-0.05, 0) is 43.9 Å². The summed E-state index contributed by atoms with van der Waals surface area (Å²) in [5.41, 5.74) is 1.47. The topological polar surface area (TPSA) is 30.5 Å². The van der Waals surface area contributed by atoms with E-state index in [0.717, 1.165) is 37.3 Å². The molecule has 1 aromatic rings. The molecule has 0 fully saturated rings. The van der Waals surface area contributed by atoms with Crippen LogP contribution in [0.1, 0.15) is 52.5 Å². The van der Waals surface area contributed by atoms with Crippen molar-refractivity contribution in [2.75, 3.05) is 13.7 Å². The van der Waals surface area contributed by atoms with Crippen LogP contribution >= 0.6 is 0 Å². The Morgan fingerprint density at radius 3 is 2.15 bits per heavy atom. The number of nitrogens with one attached hydrogen (secondary N) is 1. The van der Waals surface area contributed by atoms with Crippen LogP contribution in [0.4, 0.5) is 0 Å². The maximum Gasteiger partial charge on any atom is 0.161 e. The molecule has 114 valence electrons. The van der Waals surface area contributed by atoms with Gasteiger partial charge in [0.25, 0.3) is 0 Å². The van der Waals surface area contributed by atoms with E-state index < -0.39 is 0 Å². The lowest BCUT2D eigenvalue weighted by Crippen LogP contribution is -2.43. The molecule has 0 spiro atoms. The van der Waals surface area contributed by atoms with Gasteiger partial charge in [0.1, 0.15) is 0 Å². The molecule has 0 radical (unpaired) electrons. The van der Waals surface area contributed by atoms with Gasteiger partial charge in [-0.1, -0.05) is 26.8 Å². The number of benzene rings is 1. The van der Waals surface area contributed by atoms with Crippen LogP contribution in [0.2, 0.25) is 0 Å². The van der Waals surface area contributed by atoms with E-state index >= 15 is 0 Å². The molecule has 0 atom stereocenters. The van der Waals surface area contributed by atoms with Gasteiger partial charge >= 0.3 is 0 Å². The highest BCUT2D eigenvalue weighted by Crippen LogP contribution is 2.28. The van der Waals surface area contributed by atoms with Gasteiger partial charge in [-0.25, -0.2) is 0 Å². The Kier molecular flexibility index (Phi) is 6.86. The molecule has 1 N–H and O–H groups in total. The summed E-state index contributed by atoms with van der Waals surface area (Å²) in [6.07, 6.45) is 3.44. The minimum Gasteiger partial charge on any atom is -0.493 e. The van der Waals surface area contributed by atoms with Crippen molar-refractivity contribution in [1.29, 1.82) is 0 Å². The van der Waals surface area contributed by atoms with Crippen LogP contribution in [-0.2, 0) is 6.54 Å². The van der Waals surface area contributed by atoms with Crippen LogP contribution in [-0.4, -0.2) is 19.3 Å². The molecule has 1 rings (SSSR count). The highest BCUT2D eigenvalue weighted by molar-refractivity contribution is 5.43. The number of hydrogen-bond donors (Lipinski definition) is 1. The predicted octanol–water partition coefficient (Wildman–Crippen LogP) is 4.15. The fourth-order valence-corrected chi connectivity index (χ4v) is 2.51. The molecule has 0 aliphatic rings. The molecular formula is C17H29NO2. The molecule has 0 aromatic heterocycles. The lowest BCUT2D eigenvalue weighted by atomic mass is 9.89. The van der Waals surface area contributed by atoms with E-state index in [1.54, 1.807) is 7.11 Å². The zero-order chi connectivity index (χ0) is 15.0. The summed E-state index contributed by atoms with van der Waals surface area (Å²) >= 11 is 0. The van der Waals surface area contributed by atoms with Crippen LogP contribution in [0.25, 0.3) is 0 Å². The van der Waals surface area contributed by atoms with Gasteiger partial charge in [0.05, 0.1) is 13.7 Å². The van der Waals surface area contributed by atoms with Crippen molar-refractivity contribution >= 4 is 0 Å². The van der Waals surface area contributed by atoms with Crippen LogP contribution in [0, 0.1) is 0 Å². The molecule has 20 heavy (non-hydrogen) atoms. The molecule has 0 saturated carbocycles.